The number of hydrogen-bond donors (Lipinski definition) is 0. The molecule has 0 radical (unpaired) electrons. The Labute approximate surface area is 236 Å². The van der Waals surface area contributed by atoms with Crippen LogP contribution in [-0.2, 0) is 9.47 Å². The molecule has 0 aromatic carbocycles. The van der Waals surface area contributed by atoms with Crippen molar-refractivity contribution >= 4 is 6.16 Å². The van der Waals surface area contributed by atoms with Gasteiger partial charge < -0.3 is 9.47 Å². The highest BCUT2D eigenvalue weighted by molar-refractivity contribution is 5.60. The van der Waals surface area contributed by atoms with Crippen LogP contribution in [0.4, 0.5) is 4.79 Å². The summed E-state index contributed by atoms with van der Waals surface area (Å²) in [4.78, 5) is 12.6. The molecule has 2 atom stereocenters. The normalized spacial score (nSPS) is 28.1. The molecule has 0 spiro atoms. The van der Waals surface area contributed by atoms with Crippen molar-refractivity contribution in [3.05, 3.63) is 23.3 Å². The Bertz CT molecular complexity index is 596. The van der Waals surface area contributed by atoms with E-state index in [1.54, 1.807) is 0 Å². The van der Waals surface area contributed by atoms with Crippen LogP contribution >= 0.6 is 0 Å². The predicted molar refractivity (Wildman–Crippen MR) is 163 cm³/mol. The van der Waals surface area contributed by atoms with Crippen LogP contribution in [0.2, 0.25) is 0 Å². The molecular formula is C35H62O3. The van der Waals surface area contributed by atoms with Crippen molar-refractivity contribution in [2.75, 3.05) is 13.2 Å². The van der Waals surface area contributed by atoms with Gasteiger partial charge in [0.15, 0.2) is 0 Å². The molecule has 2 rings (SSSR count). The molecule has 0 bridgehead atoms. The Morgan fingerprint density at radius 2 is 0.816 bits per heavy atom. The number of hydrogen-bond acceptors (Lipinski definition) is 3. The summed E-state index contributed by atoms with van der Waals surface area (Å²) in [7, 11) is 0. The van der Waals surface area contributed by atoms with Crippen molar-refractivity contribution < 1.29 is 14.3 Å². The van der Waals surface area contributed by atoms with Gasteiger partial charge in [-0.25, -0.2) is 4.79 Å². The highest BCUT2D eigenvalue weighted by Crippen LogP contribution is 2.22. The van der Waals surface area contributed by atoms with E-state index in [1.165, 1.54) is 152 Å². The SMILES string of the molecule is C[C@H]1/C=C(\COC(=O)OC/C2=C\[C@H](C)CCCCCCCCCCCC2)CCCCCCCCCCCC1. The number of rotatable bonds is 4. The topological polar surface area (TPSA) is 35.5 Å². The minimum absolute atomic E-state index is 0.388. The highest BCUT2D eigenvalue weighted by Gasteiger charge is 2.11. The summed E-state index contributed by atoms with van der Waals surface area (Å²) in [5, 5.41) is 0. The van der Waals surface area contributed by atoms with E-state index in [9.17, 15) is 4.79 Å². The third-order valence-corrected chi connectivity index (χ3v) is 8.61. The van der Waals surface area contributed by atoms with Gasteiger partial charge in [0.05, 0.1) is 0 Å². The van der Waals surface area contributed by atoms with Gasteiger partial charge in [-0.3, -0.25) is 0 Å². The third-order valence-electron chi connectivity index (χ3n) is 8.61. The zero-order valence-corrected chi connectivity index (χ0v) is 25.4. The Hall–Kier alpha value is -1.25. The van der Waals surface area contributed by atoms with Gasteiger partial charge in [0.2, 0.25) is 0 Å². The summed E-state index contributed by atoms with van der Waals surface area (Å²) in [5.74, 6) is 1.10. The van der Waals surface area contributed by atoms with Gasteiger partial charge in [-0.15, -0.1) is 0 Å². The van der Waals surface area contributed by atoms with Gasteiger partial charge in [-0.2, -0.15) is 0 Å². The Morgan fingerprint density at radius 3 is 1.16 bits per heavy atom. The molecule has 0 fully saturated rings. The van der Waals surface area contributed by atoms with Crippen molar-refractivity contribution in [2.45, 2.75) is 168 Å². The molecule has 38 heavy (non-hydrogen) atoms. The summed E-state index contributed by atoms with van der Waals surface area (Å²) in [5.41, 5.74) is 2.57. The molecule has 2 aliphatic rings. The molecule has 0 amide bonds. The largest absolute Gasteiger partial charge is 0.508 e. The van der Waals surface area contributed by atoms with E-state index in [4.69, 9.17) is 9.47 Å². The van der Waals surface area contributed by atoms with Crippen LogP contribution in [-0.4, -0.2) is 19.4 Å². The zero-order chi connectivity index (χ0) is 27.1. The summed E-state index contributed by atoms with van der Waals surface area (Å²) < 4.78 is 11.3. The van der Waals surface area contributed by atoms with Crippen LogP contribution < -0.4 is 0 Å². The summed E-state index contributed by atoms with van der Waals surface area (Å²) >= 11 is 0. The quantitative estimate of drug-likeness (QED) is 0.268. The fourth-order valence-corrected chi connectivity index (χ4v) is 6.19. The second-order valence-corrected chi connectivity index (χ2v) is 12.6. The third kappa shape index (κ3) is 18.1. The van der Waals surface area contributed by atoms with E-state index in [0.29, 0.717) is 25.0 Å². The fourth-order valence-electron chi connectivity index (χ4n) is 6.19. The van der Waals surface area contributed by atoms with E-state index in [1.807, 2.05) is 0 Å². The maximum atomic E-state index is 12.6. The molecule has 0 N–H and O–H groups in total. The first kappa shape index (κ1) is 33.0. The predicted octanol–water partition coefficient (Wildman–Crippen LogP) is 11.7. The van der Waals surface area contributed by atoms with Crippen molar-refractivity contribution in [1.29, 1.82) is 0 Å². The maximum absolute atomic E-state index is 12.6. The molecule has 0 saturated carbocycles. The maximum Gasteiger partial charge on any atom is 0.508 e. The van der Waals surface area contributed by atoms with Gasteiger partial charge in [-0.1, -0.05) is 142 Å². The van der Waals surface area contributed by atoms with E-state index in [2.05, 4.69) is 26.0 Å². The fraction of sp³-hybridized carbons (Fsp3) is 0.857. The van der Waals surface area contributed by atoms with Gasteiger partial charge in [0.25, 0.3) is 0 Å². The summed E-state index contributed by atoms with van der Waals surface area (Å²) in [6, 6.07) is 0. The standard InChI is InChI=1S/C35H62O3/c1-31-23-19-15-11-7-3-5-9-13-17-21-25-33(27-31)29-37-35(36)38-30-34-26-22-18-14-10-6-4-8-12-16-20-24-32(2)28-34/h27-28,31-32H,3-26,29-30H2,1-2H3/b33-27-,34-28-/t31-,32-/m1/s1. The van der Waals surface area contributed by atoms with Gasteiger partial charge in [-0.05, 0) is 61.5 Å². The van der Waals surface area contributed by atoms with Gasteiger partial charge in [0.1, 0.15) is 13.2 Å². The molecule has 3 nitrogen and oxygen atoms in total. The van der Waals surface area contributed by atoms with Crippen molar-refractivity contribution in [2.24, 2.45) is 11.8 Å². The molecule has 3 heteroatoms. The lowest BCUT2D eigenvalue weighted by atomic mass is 9.98. The number of allylic oxidation sites excluding steroid dienone is 2. The lowest BCUT2D eigenvalue weighted by Gasteiger charge is -2.15. The van der Waals surface area contributed by atoms with E-state index < -0.39 is 6.16 Å². The first-order valence-corrected chi connectivity index (χ1v) is 16.8. The highest BCUT2D eigenvalue weighted by atomic mass is 16.7. The lowest BCUT2D eigenvalue weighted by molar-refractivity contribution is 0.0668. The van der Waals surface area contributed by atoms with Gasteiger partial charge >= 0.3 is 6.16 Å². The monoisotopic (exact) mass is 530 g/mol. The molecule has 0 unspecified atom stereocenters. The second-order valence-electron chi connectivity index (χ2n) is 12.6. The first-order valence-electron chi connectivity index (χ1n) is 16.8. The van der Waals surface area contributed by atoms with Crippen LogP contribution in [0.5, 0.6) is 0 Å². The van der Waals surface area contributed by atoms with Crippen LogP contribution in [0.25, 0.3) is 0 Å². The average Bonchev–Trinajstić information content (AvgIpc) is 2.91. The number of carbonyl (C=O) groups is 1. The Balaban J connectivity index is 1.83. The smallest absolute Gasteiger partial charge is 0.430 e. The van der Waals surface area contributed by atoms with Crippen LogP contribution in [0, 0.1) is 11.8 Å². The van der Waals surface area contributed by atoms with Crippen LogP contribution in [0.15, 0.2) is 23.3 Å². The summed E-state index contributed by atoms with van der Waals surface area (Å²) in [6.07, 6.45) is 35.7. The Morgan fingerprint density at radius 1 is 0.526 bits per heavy atom. The molecule has 0 aromatic rings. The molecule has 0 heterocycles. The van der Waals surface area contributed by atoms with Crippen LogP contribution in [0.3, 0.4) is 0 Å². The van der Waals surface area contributed by atoms with Gasteiger partial charge in [0, 0.05) is 0 Å². The lowest BCUT2D eigenvalue weighted by Crippen LogP contribution is -2.13. The minimum Gasteiger partial charge on any atom is -0.430 e. The molecule has 2 aliphatic carbocycles. The average molecular weight is 531 g/mol. The minimum atomic E-state index is -0.501. The zero-order valence-electron chi connectivity index (χ0n) is 25.4. The molecule has 0 saturated heterocycles. The first-order chi connectivity index (χ1) is 18.6. The van der Waals surface area contributed by atoms with E-state index in [0.717, 1.165) is 12.8 Å². The molecule has 0 aliphatic heterocycles. The van der Waals surface area contributed by atoms with Crippen molar-refractivity contribution in [1.82, 2.24) is 0 Å². The van der Waals surface area contributed by atoms with Crippen molar-refractivity contribution in [3.8, 4) is 0 Å². The van der Waals surface area contributed by atoms with Crippen LogP contribution in [0.1, 0.15) is 168 Å². The Kier molecular flexibility index (Phi) is 19.6. The van der Waals surface area contributed by atoms with E-state index in [-0.39, 0.29) is 0 Å². The number of carbonyl (C=O) groups excluding carboxylic acids is 1. The summed E-state index contributed by atoms with van der Waals surface area (Å²) in [6.45, 7) is 5.41. The molecule has 0 aromatic heterocycles. The molecular weight excluding hydrogens is 468 g/mol. The number of ether oxygens (including phenoxy) is 2. The second kappa shape index (κ2) is 22.6. The van der Waals surface area contributed by atoms with Crippen molar-refractivity contribution in [3.63, 3.8) is 0 Å². The van der Waals surface area contributed by atoms with E-state index >= 15 is 0 Å². The molecule has 220 valence electrons.